The SMILES string of the molecule is CN(CC1COCCN1)C1CCCC1. The van der Waals surface area contributed by atoms with E-state index < -0.39 is 0 Å². The summed E-state index contributed by atoms with van der Waals surface area (Å²) in [6.45, 7) is 3.93. The van der Waals surface area contributed by atoms with Gasteiger partial charge in [-0.2, -0.15) is 0 Å². The summed E-state index contributed by atoms with van der Waals surface area (Å²) >= 11 is 0. The van der Waals surface area contributed by atoms with Crippen LogP contribution in [0.15, 0.2) is 0 Å². The first-order chi connectivity index (χ1) is 6.86. The number of nitrogens with zero attached hydrogens (tertiary/aromatic N) is 1. The average Bonchev–Trinajstić information content (AvgIpc) is 2.72. The van der Waals surface area contributed by atoms with E-state index in [4.69, 9.17) is 4.74 Å². The Morgan fingerprint density at radius 2 is 2.14 bits per heavy atom. The van der Waals surface area contributed by atoms with Gasteiger partial charge in [-0.15, -0.1) is 0 Å². The highest BCUT2D eigenvalue weighted by Gasteiger charge is 2.22. The molecule has 1 atom stereocenters. The zero-order chi connectivity index (χ0) is 9.80. The molecule has 2 fully saturated rings. The Hall–Kier alpha value is -0.120. The molecule has 2 aliphatic rings. The van der Waals surface area contributed by atoms with Crippen LogP contribution in [0.4, 0.5) is 0 Å². The van der Waals surface area contributed by atoms with Gasteiger partial charge in [0.15, 0.2) is 0 Å². The van der Waals surface area contributed by atoms with Crippen molar-refractivity contribution in [1.82, 2.24) is 10.2 Å². The molecule has 3 heteroatoms. The first-order valence-electron chi connectivity index (χ1n) is 5.87. The third kappa shape index (κ3) is 2.69. The van der Waals surface area contributed by atoms with Crippen molar-refractivity contribution in [2.75, 3.05) is 33.4 Å². The highest BCUT2D eigenvalue weighted by atomic mass is 16.5. The van der Waals surface area contributed by atoms with Gasteiger partial charge >= 0.3 is 0 Å². The maximum Gasteiger partial charge on any atom is 0.0632 e. The van der Waals surface area contributed by atoms with E-state index in [1.165, 1.54) is 25.7 Å². The van der Waals surface area contributed by atoms with Crippen LogP contribution in [0.3, 0.4) is 0 Å². The Morgan fingerprint density at radius 1 is 1.36 bits per heavy atom. The van der Waals surface area contributed by atoms with E-state index in [-0.39, 0.29) is 0 Å². The lowest BCUT2D eigenvalue weighted by molar-refractivity contribution is 0.0599. The molecule has 0 aromatic rings. The summed E-state index contributed by atoms with van der Waals surface area (Å²) in [6, 6.07) is 1.38. The van der Waals surface area contributed by atoms with Gasteiger partial charge in [-0.1, -0.05) is 12.8 Å². The Balaban J connectivity index is 1.72. The van der Waals surface area contributed by atoms with Crippen molar-refractivity contribution in [2.45, 2.75) is 37.8 Å². The molecule has 1 aliphatic heterocycles. The number of likely N-dealkylation sites (N-methyl/N-ethyl adjacent to an activating group) is 1. The van der Waals surface area contributed by atoms with Crippen molar-refractivity contribution in [3.8, 4) is 0 Å². The molecule has 14 heavy (non-hydrogen) atoms. The largest absolute Gasteiger partial charge is 0.378 e. The van der Waals surface area contributed by atoms with Crippen molar-refractivity contribution in [1.29, 1.82) is 0 Å². The number of nitrogens with one attached hydrogen (secondary N) is 1. The fraction of sp³-hybridized carbons (Fsp3) is 1.00. The zero-order valence-electron chi connectivity index (χ0n) is 9.17. The van der Waals surface area contributed by atoms with Gasteiger partial charge in [0.1, 0.15) is 0 Å². The molecule has 1 saturated carbocycles. The zero-order valence-corrected chi connectivity index (χ0v) is 9.17. The predicted molar refractivity (Wildman–Crippen MR) is 57.5 cm³/mol. The van der Waals surface area contributed by atoms with Gasteiger partial charge in [0.2, 0.25) is 0 Å². The van der Waals surface area contributed by atoms with Crippen LogP contribution in [0.2, 0.25) is 0 Å². The number of rotatable bonds is 3. The molecular weight excluding hydrogens is 176 g/mol. The fourth-order valence-electron chi connectivity index (χ4n) is 2.58. The van der Waals surface area contributed by atoms with Gasteiger partial charge in [0.05, 0.1) is 13.2 Å². The Labute approximate surface area is 86.8 Å². The van der Waals surface area contributed by atoms with E-state index in [0.29, 0.717) is 6.04 Å². The first kappa shape index (κ1) is 10.4. The van der Waals surface area contributed by atoms with Gasteiger partial charge in [-0.05, 0) is 19.9 Å². The average molecular weight is 198 g/mol. The molecule has 82 valence electrons. The Kier molecular flexibility index (Phi) is 3.79. The Bertz CT molecular complexity index is 163. The summed E-state index contributed by atoms with van der Waals surface area (Å²) < 4.78 is 5.46. The number of morpholine rings is 1. The first-order valence-corrected chi connectivity index (χ1v) is 5.87. The number of hydrogen-bond acceptors (Lipinski definition) is 3. The van der Waals surface area contributed by atoms with Gasteiger partial charge in [0.25, 0.3) is 0 Å². The molecule has 1 unspecified atom stereocenters. The molecule has 0 radical (unpaired) electrons. The predicted octanol–water partition coefficient (Wildman–Crippen LogP) is 0.849. The quantitative estimate of drug-likeness (QED) is 0.727. The molecular formula is C11H22N2O. The molecule has 0 spiro atoms. The smallest absolute Gasteiger partial charge is 0.0632 e. The topological polar surface area (TPSA) is 24.5 Å². The van der Waals surface area contributed by atoms with Crippen LogP contribution in [-0.4, -0.2) is 50.3 Å². The van der Waals surface area contributed by atoms with Crippen molar-refractivity contribution in [3.63, 3.8) is 0 Å². The van der Waals surface area contributed by atoms with Crippen LogP contribution in [0.25, 0.3) is 0 Å². The summed E-state index contributed by atoms with van der Waals surface area (Å²) in [6.07, 6.45) is 5.63. The summed E-state index contributed by atoms with van der Waals surface area (Å²) in [5, 5.41) is 3.51. The van der Waals surface area contributed by atoms with Crippen molar-refractivity contribution < 1.29 is 4.74 Å². The second-order valence-electron chi connectivity index (χ2n) is 4.60. The molecule has 0 bridgehead atoms. The minimum Gasteiger partial charge on any atom is -0.378 e. The van der Waals surface area contributed by atoms with E-state index in [1.54, 1.807) is 0 Å². The Morgan fingerprint density at radius 3 is 2.79 bits per heavy atom. The highest BCUT2D eigenvalue weighted by molar-refractivity contribution is 4.80. The van der Waals surface area contributed by atoms with E-state index in [2.05, 4.69) is 17.3 Å². The van der Waals surface area contributed by atoms with Crippen LogP contribution in [0.5, 0.6) is 0 Å². The van der Waals surface area contributed by atoms with E-state index in [9.17, 15) is 0 Å². The van der Waals surface area contributed by atoms with Crippen molar-refractivity contribution in [3.05, 3.63) is 0 Å². The molecule has 2 rings (SSSR count). The van der Waals surface area contributed by atoms with Crippen molar-refractivity contribution in [2.24, 2.45) is 0 Å². The van der Waals surface area contributed by atoms with Gasteiger partial charge < -0.3 is 15.0 Å². The number of ether oxygens (including phenoxy) is 1. The lowest BCUT2D eigenvalue weighted by Crippen LogP contribution is -2.49. The van der Waals surface area contributed by atoms with E-state index >= 15 is 0 Å². The second kappa shape index (κ2) is 5.10. The fourth-order valence-corrected chi connectivity index (χ4v) is 2.58. The third-order valence-electron chi connectivity index (χ3n) is 3.45. The molecule has 0 aromatic carbocycles. The van der Waals surface area contributed by atoms with E-state index in [1.807, 2.05) is 0 Å². The molecule has 0 aromatic heterocycles. The van der Waals surface area contributed by atoms with Gasteiger partial charge in [-0.25, -0.2) is 0 Å². The molecule has 1 saturated heterocycles. The molecule has 1 heterocycles. The van der Waals surface area contributed by atoms with Crippen LogP contribution in [0.1, 0.15) is 25.7 Å². The van der Waals surface area contributed by atoms with Crippen LogP contribution in [-0.2, 0) is 4.74 Å². The standard InChI is InChI=1S/C11H22N2O/c1-13(11-4-2-3-5-11)8-10-9-14-7-6-12-10/h10-12H,2-9H2,1H3. The summed E-state index contributed by atoms with van der Waals surface area (Å²) in [4.78, 5) is 2.51. The molecule has 1 N–H and O–H groups in total. The maximum absolute atomic E-state index is 5.46. The summed E-state index contributed by atoms with van der Waals surface area (Å²) in [5.74, 6) is 0. The van der Waals surface area contributed by atoms with Crippen LogP contribution < -0.4 is 5.32 Å². The summed E-state index contributed by atoms with van der Waals surface area (Å²) in [5.41, 5.74) is 0. The van der Waals surface area contributed by atoms with Crippen LogP contribution >= 0.6 is 0 Å². The summed E-state index contributed by atoms with van der Waals surface area (Å²) in [7, 11) is 2.26. The van der Waals surface area contributed by atoms with Gasteiger partial charge in [0, 0.05) is 25.2 Å². The minimum atomic E-state index is 0.550. The lowest BCUT2D eigenvalue weighted by atomic mass is 10.2. The second-order valence-corrected chi connectivity index (χ2v) is 4.60. The van der Waals surface area contributed by atoms with E-state index in [0.717, 1.165) is 32.3 Å². The molecule has 3 nitrogen and oxygen atoms in total. The van der Waals surface area contributed by atoms with Gasteiger partial charge in [-0.3, -0.25) is 0 Å². The lowest BCUT2D eigenvalue weighted by Gasteiger charge is -2.31. The minimum absolute atomic E-state index is 0.550. The normalized spacial score (nSPS) is 30.0. The monoisotopic (exact) mass is 198 g/mol. The van der Waals surface area contributed by atoms with Crippen LogP contribution in [0, 0.1) is 0 Å². The maximum atomic E-state index is 5.46. The molecule has 1 aliphatic carbocycles. The third-order valence-corrected chi connectivity index (χ3v) is 3.45. The van der Waals surface area contributed by atoms with Crippen molar-refractivity contribution >= 4 is 0 Å². The molecule has 0 amide bonds. The number of hydrogen-bond donors (Lipinski definition) is 1. The highest BCUT2D eigenvalue weighted by Crippen LogP contribution is 2.22.